The first kappa shape index (κ1) is 36.0. The van der Waals surface area contributed by atoms with Crippen molar-refractivity contribution in [1.29, 1.82) is 0 Å². The molecular weight excluding hydrogens is 347 g/mol. The van der Waals surface area contributed by atoms with Gasteiger partial charge in [0.1, 0.15) is 0 Å². The molecule has 0 aromatic heterocycles. The molecule has 0 spiro atoms. The Morgan fingerprint density at radius 2 is 0.880 bits per heavy atom. The van der Waals surface area contributed by atoms with Gasteiger partial charge >= 0.3 is 0 Å². The van der Waals surface area contributed by atoms with Gasteiger partial charge in [0.15, 0.2) is 0 Å². The van der Waals surface area contributed by atoms with Crippen molar-refractivity contribution in [1.82, 2.24) is 6.15 Å². The molecule has 0 unspecified atom stereocenters. The third-order valence-electron chi connectivity index (χ3n) is 3.94. The maximum atomic E-state index is 8.77. The first-order valence-electron chi connectivity index (χ1n) is 8.86. The third-order valence-corrected chi connectivity index (χ3v) is 3.94. The van der Waals surface area contributed by atoms with Gasteiger partial charge in [0, 0.05) is 0 Å². The molecule has 9 N–H and O–H groups in total. The van der Waals surface area contributed by atoms with Crippen LogP contribution < -0.4 is 11.0 Å². The Morgan fingerprint density at radius 1 is 0.720 bits per heavy atom. The predicted molar refractivity (Wildman–Crippen MR) is 104 cm³/mol. The minimum atomic E-state index is -4.89. The second-order valence-electron chi connectivity index (χ2n) is 6.14. The van der Waals surface area contributed by atoms with Gasteiger partial charge in [0.2, 0.25) is 0 Å². The van der Waals surface area contributed by atoms with E-state index < -0.39 is 7.82 Å². The standard InChI is InChI=1S/C16H36N.H3N.H3O4P.2H2O/c1-5-9-13-17(14-10-6-2,15-11-7-3)16-12-8-4;;1-5(2,3)4;;/h5-16H2,1-4H3;1H3;(H3,1,2,3,4);2*1H2/q+1;;;;/p-1. The molecule has 9 heteroatoms. The highest BCUT2D eigenvalue weighted by Gasteiger charge is 2.24. The van der Waals surface area contributed by atoms with Crippen LogP contribution in [-0.4, -0.2) is 51.4 Å². The SMILES string of the molecule is CCCC[N+](CCCC)(CCCC)CCCC.N.O.O.O=P([O-])(O)O. The molecular formula is C16H45N2O6P. The highest BCUT2D eigenvalue weighted by Crippen LogP contribution is 2.19. The van der Waals surface area contributed by atoms with Crippen LogP contribution in [0.1, 0.15) is 79.1 Å². The highest BCUT2D eigenvalue weighted by atomic mass is 31.2. The van der Waals surface area contributed by atoms with Crippen LogP contribution in [0.15, 0.2) is 0 Å². The minimum absolute atomic E-state index is 0. The zero-order chi connectivity index (χ0) is 17.5. The lowest BCUT2D eigenvalue weighted by Gasteiger charge is -2.39. The molecule has 0 rings (SSSR count). The largest absolute Gasteiger partial charge is 0.756 e. The number of rotatable bonds is 12. The monoisotopic (exact) mass is 392 g/mol. The number of phosphoric acid groups is 1. The van der Waals surface area contributed by atoms with E-state index >= 15 is 0 Å². The molecule has 160 valence electrons. The molecule has 0 heterocycles. The van der Waals surface area contributed by atoms with Crippen LogP contribution in [0.4, 0.5) is 0 Å². The summed E-state index contributed by atoms with van der Waals surface area (Å²) in [6.45, 7) is 15.0. The summed E-state index contributed by atoms with van der Waals surface area (Å²) >= 11 is 0. The average molecular weight is 393 g/mol. The lowest BCUT2D eigenvalue weighted by molar-refractivity contribution is -0.929. The summed E-state index contributed by atoms with van der Waals surface area (Å²) < 4.78 is 10.2. The zero-order valence-corrected chi connectivity index (χ0v) is 17.7. The highest BCUT2D eigenvalue weighted by molar-refractivity contribution is 7.43. The van der Waals surface area contributed by atoms with Crippen molar-refractivity contribution in [2.24, 2.45) is 0 Å². The number of hydrogen-bond donors (Lipinski definition) is 3. The van der Waals surface area contributed by atoms with Gasteiger partial charge in [-0.1, -0.05) is 53.4 Å². The molecule has 0 aliphatic carbocycles. The number of nitrogens with zero attached hydrogens (tertiary/aromatic N) is 1. The fourth-order valence-electron chi connectivity index (χ4n) is 2.64. The molecule has 0 aliphatic heterocycles. The summed E-state index contributed by atoms with van der Waals surface area (Å²) in [5.41, 5.74) is 0. The van der Waals surface area contributed by atoms with E-state index in [1.807, 2.05) is 0 Å². The second kappa shape index (κ2) is 22.0. The Balaban J connectivity index is -0.000000147. The Hall–Kier alpha value is -0.0500. The maximum Gasteiger partial charge on any atom is 0.262 e. The Bertz CT molecular complexity index is 244. The van der Waals surface area contributed by atoms with Crippen LogP contribution in [0.2, 0.25) is 0 Å². The van der Waals surface area contributed by atoms with E-state index in [1.54, 1.807) is 0 Å². The summed E-state index contributed by atoms with van der Waals surface area (Å²) in [4.78, 5) is 22.9. The molecule has 0 radical (unpaired) electrons. The normalized spacial score (nSPS) is 10.5. The summed E-state index contributed by atoms with van der Waals surface area (Å²) in [5.74, 6) is 0. The van der Waals surface area contributed by atoms with E-state index in [0.29, 0.717) is 0 Å². The van der Waals surface area contributed by atoms with E-state index in [4.69, 9.17) is 19.2 Å². The number of unbranched alkanes of at least 4 members (excludes halogenated alkanes) is 4. The van der Waals surface area contributed by atoms with Gasteiger partial charge in [-0.3, -0.25) is 4.57 Å². The molecule has 0 bridgehead atoms. The van der Waals surface area contributed by atoms with E-state index in [2.05, 4.69) is 27.7 Å². The molecule has 0 aliphatic rings. The van der Waals surface area contributed by atoms with Crippen LogP contribution in [0.5, 0.6) is 0 Å². The summed E-state index contributed by atoms with van der Waals surface area (Å²) in [6.07, 6.45) is 11.1. The minimum Gasteiger partial charge on any atom is -0.756 e. The summed E-state index contributed by atoms with van der Waals surface area (Å²) in [7, 11) is -4.89. The fraction of sp³-hybridized carbons (Fsp3) is 1.00. The molecule has 0 aromatic rings. The van der Waals surface area contributed by atoms with Gasteiger partial charge in [-0.15, -0.1) is 0 Å². The van der Waals surface area contributed by atoms with Crippen LogP contribution in [-0.2, 0) is 4.57 Å². The van der Waals surface area contributed by atoms with Crippen molar-refractivity contribution in [3.8, 4) is 0 Å². The van der Waals surface area contributed by atoms with Gasteiger partial charge in [-0.05, 0) is 25.7 Å². The Kier molecular flexibility index (Phi) is 31.6. The van der Waals surface area contributed by atoms with Crippen molar-refractivity contribution >= 4 is 7.82 Å². The van der Waals surface area contributed by atoms with Gasteiger partial charge in [-0.2, -0.15) is 0 Å². The van der Waals surface area contributed by atoms with E-state index in [0.717, 1.165) is 0 Å². The molecule has 0 aromatic carbocycles. The molecule has 0 saturated carbocycles. The van der Waals surface area contributed by atoms with Gasteiger partial charge in [-0.25, -0.2) is 0 Å². The van der Waals surface area contributed by atoms with Crippen LogP contribution in [0, 0.1) is 0 Å². The quantitative estimate of drug-likeness (QED) is 0.338. The first-order valence-corrected chi connectivity index (χ1v) is 10.4. The van der Waals surface area contributed by atoms with Crippen LogP contribution >= 0.6 is 7.82 Å². The first-order chi connectivity index (χ1) is 10.2. The molecule has 25 heavy (non-hydrogen) atoms. The maximum absolute atomic E-state index is 8.77. The van der Waals surface area contributed by atoms with E-state index in [9.17, 15) is 0 Å². The van der Waals surface area contributed by atoms with Gasteiger partial charge in [0.05, 0.1) is 26.2 Å². The topological polar surface area (TPSA) is 179 Å². The second-order valence-corrected chi connectivity index (χ2v) is 7.12. The van der Waals surface area contributed by atoms with Gasteiger partial charge < -0.3 is 36.3 Å². The summed E-state index contributed by atoms with van der Waals surface area (Å²) in [6, 6.07) is 0. The summed E-state index contributed by atoms with van der Waals surface area (Å²) in [5, 5.41) is 0. The molecule has 8 nitrogen and oxygen atoms in total. The molecule has 0 fully saturated rings. The van der Waals surface area contributed by atoms with Crippen molar-refractivity contribution in [3.63, 3.8) is 0 Å². The molecule has 0 saturated heterocycles. The molecule has 0 atom stereocenters. The van der Waals surface area contributed by atoms with Crippen molar-refractivity contribution < 1.29 is 34.7 Å². The smallest absolute Gasteiger partial charge is 0.262 e. The predicted octanol–water partition coefficient (Wildman–Crippen LogP) is 1.96. The third kappa shape index (κ3) is 29.0. The van der Waals surface area contributed by atoms with Crippen molar-refractivity contribution in [2.75, 3.05) is 26.2 Å². The fourth-order valence-corrected chi connectivity index (χ4v) is 2.64. The number of quaternary nitrogens is 1. The molecule has 0 amide bonds. The lowest BCUT2D eigenvalue weighted by Crippen LogP contribution is -2.50. The average Bonchev–Trinajstić information content (AvgIpc) is 2.44. The Morgan fingerprint density at radius 3 is 1.00 bits per heavy atom. The van der Waals surface area contributed by atoms with Crippen LogP contribution in [0.25, 0.3) is 0 Å². The van der Waals surface area contributed by atoms with Gasteiger partial charge in [0.25, 0.3) is 7.82 Å². The van der Waals surface area contributed by atoms with Crippen molar-refractivity contribution in [3.05, 3.63) is 0 Å². The Labute approximate surface area is 154 Å². The lowest BCUT2D eigenvalue weighted by atomic mass is 10.1. The van der Waals surface area contributed by atoms with Crippen molar-refractivity contribution in [2.45, 2.75) is 79.1 Å². The van der Waals surface area contributed by atoms with Crippen LogP contribution in [0.3, 0.4) is 0 Å². The van der Waals surface area contributed by atoms with E-state index in [-0.39, 0.29) is 17.1 Å². The number of hydrogen-bond acceptors (Lipinski definition) is 3. The van der Waals surface area contributed by atoms with E-state index in [1.165, 1.54) is 82.0 Å². The zero-order valence-electron chi connectivity index (χ0n) is 16.8.